The first kappa shape index (κ1) is 13.8. The van der Waals surface area contributed by atoms with Crippen LogP contribution in [-0.4, -0.2) is 15.0 Å². The van der Waals surface area contributed by atoms with Gasteiger partial charge in [-0.15, -0.1) is 10.2 Å². The predicted molar refractivity (Wildman–Crippen MR) is 88.3 cm³/mol. The highest BCUT2D eigenvalue weighted by atomic mass is 79.9. The molecule has 1 heterocycles. The third-order valence-electron chi connectivity index (χ3n) is 3.11. The number of hydrogen-bond acceptors (Lipinski definition) is 2. The molecule has 3 rings (SSSR count). The molecule has 20 heavy (non-hydrogen) atoms. The van der Waals surface area contributed by atoms with Gasteiger partial charge >= 0.3 is 0 Å². The highest BCUT2D eigenvalue weighted by molar-refractivity contribution is 9.10. The largest absolute Gasteiger partial charge is 0.150 e. The van der Waals surface area contributed by atoms with Crippen molar-refractivity contribution in [3.05, 3.63) is 50.9 Å². The summed E-state index contributed by atoms with van der Waals surface area (Å²) in [6.45, 7) is 2.17. The van der Waals surface area contributed by atoms with Gasteiger partial charge in [-0.3, -0.25) is 0 Å². The van der Waals surface area contributed by atoms with Gasteiger partial charge in [0.25, 0.3) is 0 Å². The Kier molecular flexibility index (Phi) is 3.89. The molecular formula is C15H13Br2N3. The zero-order valence-electron chi connectivity index (χ0n) is 11.0. The summed E-state index contributed by atoms with van der Waals surface area (Å²) in [5.74, 6) is 0. The van der Waals surface area contributed by atoms with Gasteiger partial charge in [0.2, 0.25) is 0 Å². The van der Waals surface area contributed by atoms with E-state index in [-0.39, 0.29) is 0 Å². The molecular weight excluding hydrogens is 382 g/mol. The summed E-state index contributed by atoms with van der Waals surface area (Å²) < 4.78 is 2.10. The van der Waals surface area contributed by atoms with Gasteiger partial charge in [0.05, 0.1) is 5.69 Å². The zero-order valence-corrected chi connectivity index (χ0v) is 14.1. The first-order valence-corrected chi connectivity index (χ1v) is 8.07. The number of benzene rings is 2. The van der Waals surface area contributed by atoms with E-state index >= 15 is 0 Å². The summed E-state index contributed by atoms with van der Waals surface area (Å²) >= 11 is 6.98. The van der Waals surface area contributed by atoms with Crippen molar-refractivity contribution in [3.8, 4) is 5.69 Å². The fourth-order valence-corrected chi connectivity index (χ4v) is 2.96. The summed E-state index contributed by atoms with van der Waals surface area (Å²) in [6, 6.07) is 12.1. The van der Waals surface area contributed by atoms with E-state index in [2.05, 4.69) is 55.0 Å². The number of aryl methyl sites for hydroxylation is 1. The molecule has 3 nitrogen and oxygen atoms in total. The second kappa shape index (κ2) is 5.66. The van der Waals surface area contributed by atoms with E-state index in [4.69, 9.17) is 0 Å². The summed E-state index contributed by atoms with van der Waals surface area (Å²) in [5.41, 5.74) is 4.10. The van der Waals surface area contributed by atoms with E-state index in [0.29, 0.717) is 0 Å². The van der Waals surface area contributed by atoms with Gasteiger partial charge in [0.15, 0.2) is 0 Å². The van der Waals surface area contributed by atoms with Gasteiger partial charge in [0, 0.05) is 8.95 Å². The van der Waals surface area contributed by atoms with Crippen molar-refractivity contribution in [1.29, 1.82) is 0 Å². The molecule has 3 aromatic rings. The molecule has 102 valence electrons. The molecule has 0 unspecified atom stereocenters. The van der Waals surface area contributed by atoms with Crippen molar-refractivity contribution in [1.82, 2.24) is 15.0 Å². The second-order valence-electron chi connectivity index (χ2n) is 4.65. The quantitative estimate of drug-likeness (QED) is 0.632. The Morgan fingerprint density at radius 2 is 1.75 bits per heavy atom. The molecule has 1 aromatic heterocycles. The van der Waals surface area contributed by atoms with E-state index in [1.165, 1.54) is 5.56 Å². The average Bonchev–Trinajstić information content (AvgIpc) is 2.83. The molecule has 0 radical (unpaired) electrons. The molecule has 0 fully saturated rings. The fraction of sp³-hybridized carbons (Fsp3) is 0.200. The van der Waals surface area contributed by atoms with Crippen LogP contribution in [0.1, 0.15) is 18.9 Å². The maximum atomic E-state index is 4.64. The van der Waals surface area contributed by atoms with Gasteiger partial charge in [-0.05, 0) is 48.4 Å². The molecule has 0 N–H and O–H groups in total. The third-order valence-corrected chi connectivity index (χ3v) is 4.09. The van der Waals surface area contributed by atoms with Gasteiger partial charge < -0.3 is 0 Å². The number of halogens is 2. The molecule has 0 aliphatic heterocycles. The molecule has 5 heteroatoms. The normalized spacial score (nSPS) is 11.2. The smallest absolute Gasteiger partial charge is 0.116 e. The molecule has 0 amide bonds. The van der Waals surface area contributed by atoms with Gasteiger partial charge in [-0.25, -0.2) is 0 Å². The zero-order chi connectivity index (χ0) is 14.1. The van der Waals surface area contributed by atoms with Crippen LogP contribution in [0.15, 0.2) is 45.3 Å². The number of rotatable bonds is 3. The number of hydrogen-bond donors (Lipinski definition) is 0. The topological polar surface area (TPSA) is 30.7 Å². The van der Waals surface area contributed by atoms with Crippen molar-refractivity contribution < 1.29 is 0 Å². The molecule has 0 saturated heterocycles. The minimum absolute atomic E-state index is 0.922. The van der Waals surface area contributed by atoms with E-state index in [1.54, 1.807) is 4.80 Å². The van der Waals surface area contributed by atoms with Gasteiger partial charge in [-0.1, -0.05) is 45.2 Å². The van der Waals surface area contributed by atoms with Crippen LogP contribution >= 0.6 is 31.9 Å². The SMILES string of the molecule is CCCc1cc(Br)cc2nn(-c3ccc(Br)cc3)nc12. The molecule has 0 atom stereocenters. The lowest BCUT2D eigenvalue weighted by Gasteiger charge is -2.00. The van der Waals surface area contributed by atoms with Gasteiger partial charge in [0.1, 0.15) is 11.0 Å². The van der Waals surface area contributed by atoms with Crippen LogP contribution in [0.4, 0.5) is 0 Å². The molecule has 0 bridgehead atoms. The summed E-state index contributed by atoms with van der Waals surface area (Å²) in [7, 11) is 0. The van der Waals surface area contributed by atoms with Crippen LogP contribution < -0.4 is 0 Å². The number of nitrogens with zero attached hydrogens (tertiary/aromatic N) is 3. The molecule has 0 saturated carbocycles. The fourth-order valence-electron chi connectivity index (χ4n) is 2.20. The first-order chi connectivity index (χ1) is 9.67. The highest BCUT2D eigenvalue weighted by Crippen LogP contribution is 2.24. The Balaban J connectivity index is 2.14. The highest BCUT2D eigenvalue weighted by Gasteiger charge is 2.10. The maximum absolute atomic E-state index is 4.64. The lowest BCUT2D eigenvalue weighted by molar-refractivity contribution is 0.764. The average molecular weight is 395 g/mol. The lowest BCUT2D eigenvalue weighted by Crippen LogP contribution is -1.97. The molecule has 2 aromatic carbocycles. The number of fused-ring (bicyclic) bond motifs is 1. The Morgan fingerprint density at radius 3 is 2.45 bits per heavy atom. The summed E-state index contributed by atoms with van der Waals surface area (Å²) in [4.78, 5) is 1.70. The Labute approximate surface area is 134 Å². The minimum atomic E-state index is 0.922. The second-order valence-corrected chi connectivity index (χ2v) is 6.48. The summed E-state index contributed by atoms with van der Waals surface area (Å²) in [6.07, 6.45) is 2.10. The standard InChI is InChI=1S/C15H13Br2N3/c1-2-3-10-8-12(17)9-14-15(10)19-20(18-14)13-6-4-11(16)5-7-13/h4-9H,2-3H2,1H3. The van der Waals surface area contributed by atoms with Crippen molar-refractivity contribution in [2.75, 3.05) is 0 Å². The van der Waals surface area contributed by atoms with E-state index in [1.807, 2.05) is 30.3 Å². The molecule has 0 aliphatic carbocycles. The van der Waals surface area contributed by atoms with Crippen molar-refractivity contribution in [3.63, 3.8) is 0 Å². The monoisotopic (exact) mass is 393 g/mol. The van der Waals surface area contributed by atoms with Crippen LogP contribution in [0.5, 0.6) is 0 Å². The lowest BCUT2D eigenvalue weighted by atomic mass is 10.1. The minimum Gasteiger partial charge on any atom is -0.150 e. The third kappa shape index (κ3) is 2.65. The Morgan fingerprint density at radius 1 is 1.00 bits per heavy atom. The van der Waals surface area contributed by atoms with Crippen LogP contribution in [0.3, 0.4) is 0 Å². The maximum Gasteiger partial charge on any atom is 0.116 e. The van der Waals surface area contributed by atoms with Gasteiger partial charge in [-0.2, -0.15) is 4.80 Å². The van der Waals surface area contributed by atoms with E-state index in [9.17, 15) is 0 Å². The van der Waals surface area contributed by atoms with E-state index < -0.39 is 0 Å². The Bertz CT molecular complexity index is 748. The van der Waals surface area contributed by atoms with Crippen LogP contribution in [-0.2, 0) is 6.42 Å². The van der Waals surface area contributed by atoms with Crippen molar-refractivity contribution in [2.45, 2.75) is 19.8 Å². The van der Waals surface area contributed by atoms with Crippen LogP contribution in [0.2, 0.25) is 0 Å². The number of aromatic nitrogens is 3. The summed E-state index contributed by atoms with van der Waals surface area (Å²) in [5, 5.41) is 9.22. The van der Waals surface area contributed by atoms with Crippen LogP contribution in [0, 0.1) is 0 Å². The van der Waals surface area contributed by atoms with Crippen molar-refractivity contribution >= 4 is 42.9 Å². The Hall–Kier alpha value is -1.20. The molecule has 0 spiro atoms. The van der Waals surface area contributed by atoms with Crippen LogP contribution in [0.25, 0.3) is 16.7 Å². The first-order valence-electron chi connectivity index (χ1n) is 6.49. The predicted octanol–water partition coefficient (Wildman–Crippen LogP) is 4.90. The van der Waals surface area contributed by atoms with E-state index in [0.717, 1.165) is 38.5 Å². The van der Waals surface area contributed by atoms with Crippen molar-refractivity contribution in [2.24, 2.45) is 0 Å². The molecule has 0 aliphatic rings.